The van der Waals surface area contributed by atoms with Crippen LogP contribution in [0.2, 0.25) is 0 Å². The van der Waals surface area contributed by atoms with Gasteiger partial charge in [0.1, 0.15) is 48.8 Å². The van der Waals surface area contributed by atoms with Gasteiger partial charge in [0.05, 0.1) is 19.8 Å². The summed E-state index contributed by atoms with van der Waals surface area (Å²) < 4.78 is 22.6. The van der Waals surface area contributed by atoms with Crippen LogP contribution in [-0.2, 0) is 30.3 Å². The van der Waals surface area contributed by atoms with Crippen LogP contribution in [0.1, 0.15) is 12.5 Å². The third-order valence-electron chi connectivity index (χ3n) is 5.62. The fourth-order valence-electron chi connectivity index (χ4n) is 3.85. The van der Waals surface area contributed by atoms with Gasteiger partial charge in [-0.2, -0.15) is 0 Å². The lowest BCUT2D eigenvalue weighted by Crippen LogP contribution is -2.68. The molecule has 1 amide bonds. The molecule has 2 saturated heterocycles. The Balaban J connectivity index is 1.82. The Bertz CT molecular complexity index is 751. The zero-order valence-electron chi connectivity index (χ0n) is 18.0. The first kappa shape index (κ1) is 25.9. The Morgan fingerprint density at radius 2 is 1.52 bits per heavy atom. The number of aliphatic hydroxyl groups excluding tert-OH is 6. The summed E-state index contributed by atoms with van der Waals surface area (Å²) in [5.74, 6) is -0.492. The quantitative estimate of drug-likeness (QED) is 0.203. The van der Waals surface area contributed by atoms with Gasteiger partial charge in [-0.3, -0.25) is 4.79 Å². The number of carbonyl (C=O) groups is 1. The Hall–Kier alpha value is -1.71. The van der Waals surface area contributed by atoms with Crippen molar-refractivity contribution in [2.24, 2.45) is 0 Å². The van der Waals surface area contributed by atoms with E-state index in [1.807, 2.05) is 30.3 Å². The average Bonchev–Trinajstić information content (AvgIpc) is 2.81. The van der Waals surface area contributed by atoms with Gasteiger partial charge in [0.2, 0.25) is 5.91 Å². The van der Waals surface area contributed by atoms with Gasteiger partial charge in [0.25, 0.3) is 0 Å². The second kappa shape index (κ2) is 11.6. The van der Waals surface area contributed by atoms with E-state index in [4.69, 9.17) is 18.9 Å². The topological polar surface area (TPSA) is 187 Å². The summed E-state index contributed by atoms with van der Waals surface area (Å²) in [5, 5.41) is 62.8. The maximum absolute atomic E-state index is 11.9. The lowest BCUT2D eigenvalue weighted by molar-refractivity contribution is -0.345. The smallest absolute Gasteiger partial charge is 0.217 e. The Labute approximate surface area is 190 Å². The third-order valence-corrected chi connectivity index (χ3v) is 5.62. The van der Waals surface area contributed by atoms with Crippen molar-refractivity contribution < 1.29 is 54.4 Å². The molecular formula is C21H31NO11. The SMILES string of the molecule is CC(=O)N[C@H]1[C@@H](OCc2ccccc2)O[C@H](CO)[C@H](O)[C@@H]1O[C@@H]1O[C@H](CO)[C@H](O)[C@H](O)[C@H]1O. The monoisotopic (exact) mass is 473 g/mol. The number of amides is 1. The summed E-state index contributed by atoms with van der Waals surface area (Å²) >= 11 is 0. The van der Waals surface area contributed by atoms with E-state index in [0.717, 1.165) is 5.56 Å². The Morgan fingerprint density at radius 1 is 0.909 bits per heavy atom. The lowest BCUT2D eigenvalue weighted by Gasteiger charge is -2.47. The molecule has 0 saturated carbocycles. The summed E-state index contributed by atoms with van der Waals surface area (Å²) in [5.41, 5.74) is 0.806. The van der Waals surface area contributed by atoms with Crippen molar-refractivity contribution in [2.75, 3.05) is 13.2 Å². The first-order valence-electron chi connectivity index (χ1n) is 10.6. The molecule has 0 spiro atoms. The second-order valence-electron chi connectivity index (χ2n) is 8.04. The van der Waals surface area contributed by atoms with Crippen molar-refractivity contribution in [1.82, 2.24) is 5.32 Å². The van der Waals surface area contributed by atoms with E-state index in [0.29, 0.717) is 0 Å². The van der Waals surface area contributed by atoms with E-state index in [-0.39, 0.29) is 6.61 Å². The third kappa shape index (κ3) is 6.05. The summed E-state index contributed by atoms with van der Waals surface area (Å²) in [6.45, 7) is 0.0539. The number of nitrogens with one attached hydrogen (secondary N) is 1. The van der Waals surface area contributed by atoms with Gasteiger partial charge in [-0.05, 0) is 5.56 Å². The molecular weight excluding hydrogens is 442 g/mol. The summed E-state index contributed by atoms with van der Waals surface area (Å²) in [7, 11) is 0. The highest BCUT2D eigenvalue weighted by Gasteiger charge is 2.51. The zero-order valence-corrected chi connectivity index (χ0v) is 18.0. The van der Waals surface area contributed by atoms with E-state index < -0.39 is 80.5 Å². The molecule has 2 fully saturated rings. The minimum atomic E-state index is -1.73. The molecule has 10 atom stereocenters. The minimum absolute atomic E-state index is 0.0859. The van der Waals surface area contributed by atoms with Crippen LogP contribution < -0.4 is 5.32 Å². The first-order valence-corrected chi connectivity index (χ1v) is 10.6. The van der Waals surface area contributed by atoms with Crippen molar-refractivity contribution >= 4 is 5.91 Å². The highest BCUT2D eigenvalue weighted by Crippen LogP contribution is 2.30. The molecule has 0 unspecified atom stereocenters. The van der Waals surface area contributed by atoms with Gasteiger partial charge in [-0.1, -0.05) is 30.3 Å². The molecule has 0 bridgehead atoms. The fourth-order valence-corrected chi connectivity index (χ4v) is 3.85. The number of carbonyl (C=O) groups excluding carboxylic acids is 1. The fraction of sp³-hybridized carbons (Fsp3) is 0.667. The van der Waals surface area contributed by atoms with Gasteiger partial charge in [0.15, 0.2) is 12.6 Å². The highest BCUT2D eigenvalue weighted by molar-refractivity contribution is 5.73. The first-order chi connectivity index (χ1) is 15.8. The summed E-state index contributed by atoms with van der Waals surface area (Å²) in [4.78, 5) is 11.9. The van der Waals surface area contributed by atoms with Crippen LogP contribution in [0.4, 0.5) is 0 Å². The molecule has 12 nitrogen and oxygen atoms in total. The van der Waals surface area contributed by atoms with Crippen molar-refractivity contribution in [3.63, 3.8) is 0 Å². The van der Waals surface area contributed by atoms with Gasteiger partial charge in [-0.15, -0.1) is 0 Å². The van der Waals surface area contributed by atoms with E-state index >= 15 is 0 Å². The number of benzene rings is 1. The normalized spacial score (nSPS) is 39.2. The lowest BCUT2D eigenvalue weighted by atomic mass is 9.95. The van der Waals surface area contributed by atoms with Crippen LogP contribution in [-0.4, -0.2) is 111 Å². The number of hydrogen-bond donors (Lipinski definition) is 7. The van der Waals surface area contributed by atoms with Crippen LogP contribution >= 0.6 is 0 Å². The molecule has 1 aromatic carbocycles. The number of ether oxygens (including phenoxy) is 4. The van der Waals surface area contributed by atoms with E-state index in [1.165, 1.54) is 6.92 Å². The standard InChI is InChI=1S/C21H31NO11/c1-10(25)22-14-19(33-21-18(29)17(28)15(26)12(7-23)32-21)16(27)13(8-24)31-20(14)30-9-11-5-3-2-4-6-11/h2-6,12-21,23-24,26-29H,7-9H2,1H3,(H,22,25)/t12-,13-,14-,15+,16+,17+,18-,19-,20+,21+/m1/s1. The molecule has 0 aliphatic carbocycles. The molecule has 12 heteroatoms. The van der Waals surface area contributed by atoms with E-state index in [2.05, 4.69) is 5.32 Å². The number of rotatable bonds is 8. The van der Waals surface area contributed by atoms with E-state index in [9.17, 15) is 35.4 Å². The van der Waals surface area contributed by atoms with Crippen LogP contribution in [0.3, 0.4) is 0 Å². The van der Waals surface area contributed by atoms with Gasteiger partial charge >= 0.3 is 0 Å². The molecule has 2 aliphatic heterocycles. The average molecular weight is 473 g/mol. The molecule has 7 N–H and O–H groups in total. The molecule has 186 valence electrons. The molecule has 1 aromatic rings. The molecule has 0 aromatic heterocycles. The van der Waals surface area contributed by atoms with Gasteiger partial charge < -0.3 is 54.9 Å². The molecule has 33 heavy (non-hydrogen) atoms. The molecule has 0 radical (unpaired) electrons. The maximum Gasteiger partial charge on any atom is 0.217 e. The molecule has 3 rings (SSSR count). The van der Waals surface area contributed by atoms with Crippen molar-refractivity contribution in [1.29, 1.82) is 0 Å². The van der Waals surface area contributed by atoms with Gasteiger partial charge in [-0.25, -0.2) is 0 Å². The summed E-state index contributed by atoms with van der Waals surface area (Å²) in [6, 6.07) is 8.00. The van der Waals surface area contributed by atoms with Crippen molar-refractivity contribution in [3.8, 4) is 0 Å². The zero-order chi connectivity index (χ0) is 24.1. The number of hydrogen-bond acceptors (Lipinski definition) is 11. The molecule has 2 heterocycles. The van der Waals surface area contributed by atoms with Gasteiger partial charge in [0, 0.05) is 6.92 Å². The van der Waals surface area contributed by atoms with Crippen LogP contribution in [0.25, 0.3) is 0 Å². The predicted molar refractivity (Wildman–Crippen MR) is 109 cm³/mol. The van der Waals surface area contributed by atoms with Crippen molar-refractivity contribution in [3.05, 3.63) is 35.9 Å². The Morgan fingerprint density at radius 3 is 2.12 bits per heavy atom. The minimum Gasteiger partial charge on any atom is -0.394 e. The predicted octanol–water partition coefficient (Wildman–Crippen LogP) is -3.03. The Kier molecular flexibility index (Phi) is 9.12. The molecule has 2 aliphatic rings. The van der Waals surface area contributed by atoms with Crippen LogP contribution in [0, 0.1) is 0 Å². The highest BCUT2D eigenvalue weighted by atomic mass is 16.7. The number of aliphatic hydroxyl groups is 6. The van der Waals surface area contributed by atoms with Crippen LogP contribution in [0.5, 0.6) is 0 Å². The van der Waals surface area contributed by atoms with E-state index in [1.54, 1.807) is 0 Å². The maximum atomic E-state index is 11.9. The second-order valence-corrected chi connectivity index (χ2v) is 8.04. The van der Waals surface area contributed by atoms with Crippen molar-refractivity contribution in [2.45, 2.75) is 74.9 Å². The largest absolute Gasteiger partial charge is 0.394 e. The van der Waals surface area contributed by atoms with Crippen LogP contribution in [0.15, 0.2) is 30.3 Å². The summed E-state index contributed by atoms with van der Waals surface area (Å²) in [6.07, 6.45) is -13.0.